The van der Waals surface area contributed by atoms with Gasteiger partial charge in [-0.3, -0.25) is 0 Å². The summed E-state index contributed by atoms with van der Waals surface area (Å²) in [6, 6.07) is 0. The number of ether oxygens (including phenoxy) is 2. The Morgan fingerprint density at radius 2 is 1.57 bits per heavy atom. The molecule has 0 spiro atoms. The first-order valence-corrected chi connectivity index (χ1v) is 15.2. The molecule has 42 heavy (non-hydrogen) atoms. The van der Waals surface area contributed by atoms with Crippen LogP contribution in [0.15, 0.2) is 48.6 Å². The van der Waals surface area contributed by atoms with Crippen molar-refractivity contribution < 1.29 is 39.8 Å². The fraction of sp³-hybridized carbons (Fsp3) is 0.727. The zero-order valence-electron chi connectivity index (χ0n) is 26.7. The molecule has 0 aromatic heterocycles. The summed E-state index contributed by atoms with van der Waals surface area (Å²) in [6.07, 6.45) is 5.38. The van der Waals surface area contributed by atoms with E-state index in [1.165, 1.54) is 0 Å². The highest BCUT2D eigenvalue weighted by atomic mass is 16.6. The highest BCUT2D eigenvalue weighted by Crippen LogP contribution is 2.32. The average molecular weight is 596 g/mol. The van der Waals surface area contributed by atoms with Gasteiger partial charge in [-0.25, -0.2) is 4.79 Å². The standard InChI is InChI=1S/C33H57NO8/c1-10-11-12-20(4)31(42-33(34)40)24(8)29(37)22(6)16-18(2)15-21(5)28(36)19(3)13-14-26(35)17-27-23(7)30(38)25(9)32(39)41-27/h10-15,19-32,35-39H,1,16-17H2,2-9H3,(H2,34,40)/t19-,20-,21-,22-,23-,24-,25+,26+,27-,28-,29+,30-,31-,32+/m0/s1. The normalized spacial score (nSPS) is 30.2. The zero-order valence-corrected chi connectivity index (χ0v) is 26.7. The number of amides is 1. The lowest BCUT2D eigenvalue weighted by Gasteiger charge is -2.41. The third-order valence-electron chi connectivity index (χ3n) is 8.77. The van der Waals surface area contributed by atoms with Crippen molar-refractivity contribution in [3.05, 3.63) is 48.6 Å². The van der Waals surface area contributed by atoms with Gasteiger partial charge in [-0.15, -0.1) is 0 Å². The first-order chi connectivity index (χ1) is 19.5. The minimum absolute atomic E-state index is 0.146. The molecule has 1 saturated heterocycles. The van der Waals surface area contributed by atoms with Crippen molar-refractivity contribution >= 4 is 6.09 Å². The van der Waals surface area contributed by atoms with E-state index in [0.29, 0.717) is 6.42 Å². The van der Waals surface area contributed by atoms with Crippen LogP contribution in [0.4, 0.5) is 4.79 Å². The maximum absolute atomic E-state index is 11.5. The van der Waals surface area contributed by atoms with Gasteiger partial charge < -0.3 is 40.7 Å². The molecule has 1 aliphatic rings. The SMILES string of the molecule is C=CC=C[C@H](C)[C@H](OC(N)=O)[C@@H](C)[C@H](O)[C@@H](C)CC(C)=C[C@H](C)[C@@H](O)[C@@H](C)C=C[C@@H](O)C[C@@H]1O[C@@H](O)[C@H](C)[C@@H](O)[C@H]1C. The topological polar surface area (TPSA) is 163 Å². The van der Waals surface area contributed by atoms with Crippen LogP contribution in [0, 0.1) is 41.4 Å². The Labute approximate surface area is 252 Å². The molecular formula is C33H57NO8. The van der Waals surface area contributed by atoms with Crippen molar-refractivity contribution in [1.29, 1.82) is 0 Å². The maximum atomic E-state index is 11.5. The summed E-state index contributed by atoms with van der Waals surface area (Å²) >= 11 is 0. The van der Waals surface area contributed by atoms with Crippen molar-refractivity contribution in [2.24, 2.45) is 47.2 Å². The molecule has 0 aromatic rings. The lowest BCUT2D eigenvalue weighted by molar-refractivity contribution is -0.245. The van der Waals surface area contributed by atoms with Crippen LogP contribution in [-0.4, -0.2) is 74.5 Å². The molecule has 0 saturated carbocycles. The third kappa shape index (κ3) is 11.6. The van der Waals surface area contributed by atoms with Crippen LogP contribution in [0.5, 0.6) is 0 Å². The van der Waals surface area contributed by atoms with Crippen LogP contribution < -0.4 is 5.73 Å². The molecule has 1 rings (SSSR count). The van der Waals surface area contributed by atoms with Crippen molar-refractivity contribution in [1.82, 2.24) is 0 Å². The Hall–Kier alpha value is -2.01. The summed E-state index contributed by atoms with van der Waals surface area (Å²) in [5, 5.41) is 52.9. The number of carbonyl (C=O) groups excluding carboxylic acids is 1. The molecule has 0 bridgehead atoms. The first kappa shape index (κ1) is 38.0. The van der Waals surface area contributed by atoms with Crippen LogP contribution in [0.25, 0.3) is 0 Å². The second kappa shape index (κ2) is 18.0. The molecule has 242 valence electrons. The number of aliphatic hydroxyl groups excluding tert-OH is 5. The number of rotatable bonds is 16. The van der Waals surface area contributed by atoms with Crippen LogP contribution in [0.3, 0.4) is 0 Å². The van der Waals surface area contributed by atoms with E-state index in [-0.39, 0.29) is 41.9 Å². The van der Waals surface area contributed by atoms with Gasteiger partial charge in [-0.05, 0) is 19.3 Å². The molecule has 1 amide bonds. The predicted octanol–water partition coefficient (Wildman–Crippen LogP) is 4.09. The number of hydrogen-bond donors (Lipinski definition) is 6. The van der Waals surface area contributed by atoms with Crippen LogP contribution >= 0.6 is 0 Å². The van der Waals surface area contributed by atoms with E-state index in [1.807, 2.05) is 60.6 Å². The van der Waals surface area contributed by atoms with Gasteiger partial charge >= 0.3 is 6.09 Å². The smallest absolute Gasteiger partial charge is 0.404 e. The zero-order chi connectivity index (χ0) is 32.3. The molecule has 0 aliphatic carbocycles. The molecule has 1 heterocycles. The van der Waals surface area contributed by atoms with Gasteiger partial charge in [0.25, 0.3) is 0 Å². The lowest BCUT2D eigenvalue weighted by atomic mass is 9.81. The largest absolute Gasteiger partial charge is 0.445 e. The van der Waals surface area contributed by atoms with Gasteiger partial charge in [-0.1, -0.05) is 97.1 Å². The summed E-state index contributed by atoms with van der Waals surface area (Å²) < 4.78 is 11.0. The van der Waals surface area contributed by atoms with Crippen molar-refractivity contribution in [3.8, 4) is 0 Å². The van der Waals surface area contributed by atoms with Gasteiger partial charge in [0.2, 0.25) is 0 Å². The summed E-state index contributed by atoms with van der Waals surface area (Å²) in [4.78, 5) is 11.5. The molecule has 9 heteroatoms. The van der Waals surface area contributed by atoms with Crippen LogP contribution in [0.1, 0.15) is 68.2 Å². The molecule has 9 nitrogen and oxygen atoms in total. The Kier molecular flexibility index (Phi) is 16.2. The fourth-order valence-corrected chi connectivity index (χ4v) is 5.92. The summed E-state index contributed by atoms with van der Waals surface area (Å²) in [6.45, 7) is 18.7. The van der Waals surface area contributed by atoms with Crippen molar-refractivity contribution in [2.45, 2.75) is 111 Å². The Balaban J connectivity index is 2.76. The minimum Gasteiger partial charge on any atom is -0.445 e. The Morgan fingerprint density at radius 1 is 0.952 bits per heavy atom. The highest BCUT2D eigenvalue weighted by Gasteiger charge is 2.40. The number of allylic oxidation sites excluding steroid dienone is 3. The second-order valence-corrected chi connectivity index (χ2v) is 12.6. The van der Waals surface area contributed by atoms with E-state index in [9.17, 15) is 30.3 Å². The van der Waals surface area contributed by atoms with E-state index in [0.717, 1.165) is 5.57 Å². The molecule has 0 radical (unpaired) electrons. The second-order valence-electron chi connectivity index (χ2n) is 12.6. The summed E-state index contributed by atoms with van der Waals surface area (Å²) in [7, 11) is 0. The van der Waals surface area contributed by atoms with Gasteiger partial charge in [0, 0.05) is 41.9 Å². The van der Waals surface area contributed by atoms with Gasteiger partial charge in [0.15, 0.2) is 6.29 Å². The van der Waals surface area contributed by atoms with Gasteiger partial charge in [0.1, 0.15) is 6.10 Å². The Morgan fingerprint density at radius 3 is 2.14 bits per heavy atom. The van der Waals surface area contributed by atoms with Crippen LogP contribution in [0.2, 0.25) is 0 Å². The van der Waals surface area contributed by atoms with Crippen molar-refractivity contribution in [2.75, 3.05) is 0 Å². The molecule has 1 fully saturated rings. The highest BCUT2D eigenvalue weighted by molar-refractivity contribution is 5.64. The van der Waals surface area contributed by atoms with Crippen molar-refractivity contribution in [3.63, 3.8) is 0 Å². The lowest BCUT2D eigenvalue weighted by Crippen LogP contribution is -2.49. The number of carbonyl (C=O) groups is 1. The van der Waals surface area contributed by atoms with E-state index in [2.05, 4.69) is 6.58 Å². The van der Waals surface area contributed by atoms with Crippen LogP contribution in [-0.2, 0) is 9.47 Å². The summed E-state index contributed by atoms with van der Waals surface area (Å²) in [5.74, 6) is -1.76. The molecule has 7 N–H and O–H groups in total. The van der Waals surface area contributed by atoms with E-state index >= 15 is 0 Å². The third-order valence-corrected chi connectivity index (χ3v) is 8.77. The van der Waals surface area contributed by atoms with E-state index in [1.54, 1.807) is 31.2 Å². The molecule has 1 aliphatic heterocycles. The number of aliphatic hydroxyl groups is 5. The average Bonchev–Trinajstić information content (AvgIpc) is 2.93. The maximum Gasteiger partial charge on any atom is 0.404 e. The minimum atomic E-state index is -1.07. The molecular weight excluding hydrogens is 538 g/mol. The number of primary amides is 1. The summed E-state index contributed by atoms with van der Waals surface area (Å²) in [5.41, 5.74) is 6.31. The van der Waals surface area contributed by atoms with E-state index < -0.39 is 54.9 Å². The molecule has 0 unspecified atom stereocenters. The first-order valence-electron chi connectivity index (χ1n) is 15.2. The van der Waals surface area contributed by atoms with Gasteiger partial charge in [0.05, 0.1) is 30.5 Å². The fourth-order valence-electron chi connectivity index (χ4n) is 5.92. The predicted molar refractivity (Wildman–Crippen MR) is 165 cm³/mol. The number of hydrogen-bond acceptors (Lipinski definition) is 8. The van der Waals surface area contributed by atoms with E-state index in [4.69, 9.17) is 15.2 Å². The van der Waals surface area contributed by atoms with Gasteiger partial charge in [-0.2, -0.15) is 0 Å². The Bertz CT molecular complexity index is 920. The molecule has 14 atom stereocenters. The quantitative estimate of drug-likeness (QED) is 0.115. The monoisotopic (exact) mass is 595 g/mol. The number of nitrogens with two attached hydrogens (primary N) is 1. The molecule has 0 aromatic carbocycles.